The summed E-state index contributed by atoms with van der Waals surface area (Å²) in [5.74, 6) is 0.319. The molecule has 1 unspecified atom stereocenters. The van der Waals surface area contributed by atoms with Crippen LogP contribution in [0, 0.1) is 0 Å². The van der Waals surface area contributed by atoms with Crippen LogP contribution in [0.4, 0.5) is 0 Å². The van der Waals surface area contributed by atoms with Crippen LogP contribution in [-0.2, 0) is 16.1 Å². The molecule has 18 heavy (non-hydrogen) atoms. The minimum Gasteiger partial charge on any atom is -0.379 e. The molecular weight excluding hydrogens is 226 g/mol. The zero-order valence-electron chi connectivity index (χ0n) is 11.0. The van der Waals surface area contributed by atoms with E-state index in [0.29, 0.717) is 12.3 Å². The Morgan fingerprint density at radius 2 is 1.94 bits per heavy atom. The van der Waals surface area contributed by atoms with E-state index in [9.17, 15) is 4.79 Å². The maximum absolute atomic E-state index is 10.5. The van der Waals surface area contributed by atoms with Gasteiger partial charge < -0.3 is 9.53 Å². The lowest BCUT2D eigenvalue weighted by atomic mass is 9.97. The first kappa shape index (κ1) is 13.2. The number of morpholine rings is 1. The number of benzene rings is 1. The number of rotatable bonds is 5. The third-order valence-electron chi connectivity index (χ3n) is 3.51. The lowest BCUT2D eigenvalue weighted by Gasteiger charge is -2.26. The maximum Gasteiger partial charge on any atom is 0.120 e. The molecule has 0 amide bonds. The van der Waals surface area contributed by atoms with Gasteiger partial charge in [-0.15, -0.1) is 0 Å². The van der Waals surface area contributed by atoms with E-state index in [4.69, 9.17) is 4.74 Å². The molecule has 0 aromatic heterocycles. The molecule has 1 aliphatic rings. The number of ether oxygens (including phenoxy) is 1. The third-order valence-corrected chi connectivity index (χ3v) is 3.51. The van der Waals surface area contributed by atoms with Crippen molar-refractivity contribution in [3.63, 3.8) is 0 Å². The van der Waals surface area contributed by atoms with Crippen LogP contribution in [0.3, 0.4) is 0 Å². The molecule has 0 bridgehead atoms. The molecule has 1 aromatic rings. The summed E-state index contributed by atoms with van der Waals surface area (Å²) in [6.45, 7) is 6.80. The van der Waals surface area contributed by atoms with Gasteiger partial charge in [-0.3, -0.25) is 4.90 Å². The molecule has 1 saturated heterocycles. The minimum atomic E-state index is 0.319. The van der Waals surface area contributed by atoms with Gasteiger partial charge in [0.05, 0.1) is 13.2 Å². The van der Waals surface area contributed by atoms with Crippen molar-refractivity contribution in [2.75, 3.05) is 26.3 Å². The van der Waals surface area contributed by atoms with Gasteiger partial charge >= 0.3 is 0 Å². The van der Waals surface area contributed by atoms with Gasteiger partial charge in [0.25, 0.3) is 0 Å². The topological polar surface area (TPSA) is 29.5 Å². The molecule has 2 rings (SSSR count). The molecular formula is C15H21NO2. The van der Waals surface area contributed by atoms with Gasteiger partial charge in [-0.25, -0.2) is 0 Å². The second kappa shape index (κ2) is 6.66. The Morgan fingerprint density at radius 1 is 1.28 bits per heavy atom. The molecule has 1 atom stereocenters. The van der Waals surface area contributed by atoms with Crippen molar-refractivity contribution in [1.82, 2.24) is 4.90 Å². The number of hydrogen-bond acceptors (Lipinski definition) is 3. The Morgan fingerprint density at radius 3 is 2.56 bits per heavy atom. The minimum absolute atomic E-state index is 0.319. The molecule has 0 aliphatic carbocycles. The van der Waals surface area contributed by atoms with E-state index in [2.05, 4.69) is 36.1 Å². The summed E-state index contributed by atoms with van der Waals surface area (Å²) in [5, 5.41) is 0. The van der Waals surface area contributed by atoms with Gasteiger partial charge in [0.15, 0.2) is 0 Å². The Hall–Kier alpha value is -1.19. The molecule has 98 valence electrons. The summed E-state index contributed by atoms with van der Waals surface area (Å²) in [7, 11) is 0. The molecule has 1 aromatic carbocycles. The van der Waals surface area contributed by atoms with Crippen LogP contribution in [0.2, 0.25) is 0 Å². The van der Waals surface area contributed by atoms with Crippen molar-refractivity contribution in [2.45, 2.75) is 25.8 Å². The quantitative estimate of drug-likeness (QED) is 0.747. The summed E-state index contributed by atoms with van der Waals surface area (Å²) in [6.07, 6.45) is 1.59. The fraction of sp³-hybridized carbons (Fsp3) is 0.533. The SMILES string of the molecule is CC(CC=O)c1ccc(CN2CCOCC2)cc1. The van der Waals surface area contributed by atoms with Crippen LogP contribution in [0.25, 0.3) is 0 Å². The number of carbonyl (C=O) groups excluding carboxylic acids is 1. The highest BCUT2D eigenvalue weighted by Gasteiger charge is 2.11. The molecule has 0 spiro atoms. The van der Waals surface area contributed by atoms with Gasteiger partial charge in [-0.05, 0) is 17.0 Å². The van der Waals surface area contributed by atoms with Crippen LogP contribution < -0.4 is 0 Å². The molecule has 3 nitrogen and oxygen atoms in total. The van der Waals surface area contributed by atoms with Crippen molar-refractivity contribution >= 4 is 6.29 Å². The predicted octanol–water partition coefficient (Wildman–Crippen LogP) is 2.21. The van der Waals surface area contributed by atoms with Gasteiger partial charge in [-0.2, -0.15) is 0 Å². The summed E-state index contributed by atoms with van der Waals surface area (Å²) >= 11 is 0. The summed E-state index contributed by atoms with van der Waals surface area (Å²) in [4.78, 5) is 12.9. The third kappa shape index (κ3) is 3.65. The summed E-state index contributed by atoms with van der Waals surface area (Å²) in [5.41, 5.74) is 2.58. The average molecular weight is 247 g/mol. The normalized spacial score (nSPS) is 18.5. The van der Waals surface area contributed by atoms with E-state index in [-0.39, 0.29) is 0 Å². The van der Waals surface area contributed by atoms with Crippen molar-refractivity contribution in [3.05, 3.63) is 35.4 Å². The van der Waals surface area contributed by atoms with Crippen LogP contribution >= 0.6 is 0 Å². The highest BCUT2D eigenvalue weighted by Crippen LogP contribution is 2.19. The lowest BCUT2D eigenvalue weighted by Crippen LogP contribution is -2.35. The number of hydrogen-bond donors (Lipinski definition) is 0. The lowest BCUT2D eigenvalue weighted by molar-refractivity contribution is -0.108. The molecule has 0 N–H and O–H groups in total. The first-order valence-electron chi connectivity index (χ1n) is 6.62. The first-order chi connectivity index (χ1) is 8.79. The van der Waals surface area contributed by atoms with Crippen LogP contribution in [0.15, 0.2) is 24.3 Å². The molecule has 1 heterocycles. The molecule has 0 radical (unpaired) electrons. The van der Waals surface area contributed by atoms with E-state index in [1.165, 1.54) is 11.1 Å². The zero-order valence-corrected chi connectivity index (χ0v) is 11.0. The predicted molar refractivity (Wildman–Crippen MR) is 71.6 cm³/mol. The van der Waals surface area contributed by atoms with Crippen molar-refractivity contribution in [3.8, 4) is 0 Å². The van der Waals surface area contributed by atoms with E-state index in [1.54, 1.807) is 0 Å². The molecule has 3 heteroatoms. The van der Waals surface area contributed by atoms with E-state index in [0.717, 1.165) is 39.1 Å². The fourth-order valence-corrected chi connectivity index (χ4v) is 2.25. The van der Waals surface area contributed by atoms with E-state index in [1.807, 2.05) is 0 Å². The molecule has 1 aliphatic heterocycles. The standard InChI is InChI=1S/C15H21NO2/c1-13(6-9-17)15-4-2-14(3-5-15)12-16-7-10-18-11-8-16/h2-5,9,13H,6-8,10-12H2,1H3. The second-order valence-corrected chi connectivity index (χ2v) is 4.93. The monoisotopic (exact) mass is 247 g/mol. The number of nitrogens with zero attached hydrogens (tertiary/aromatic N) is 1. The highest BCUT2D eigenvalue weighted by atomic mass is 16.5. The summed E-state index contributed by atoms with van der Waals surface area (Å²) < 4.78 is 5.34. The largest absolute Gasteiger partial charge is 0.379 e. The van der Waals surface area contributed by atoms with E-state index >= 15 is 0 Å². The van der Waals surface area contributed by atoms with Crippen molar-refractivity contribution < 1.29 is 9.53 Å². The number of carbonyl (C=O) groups is 1. The number of aldehydes is 1. The van der Waals surface area contributed by atoms with Crippen LogP contribution in [0.1, 0.15) is 30.4 Å². The van der Waals surface area contributed by atoms with Crippen molar-refractivity contribution in [2.24, 2.45) is 0 Å². The van der Waals surface area contributed by atoms with Crippen molar-refractivity contribution in [1.29, 1.82) is 0 Å². The Labute approximate surface area is 109 Å². The van der Waals surface area contributed by atoms with Gasteiger partial charge in [0.1, 0.15) is 6.29 Å². The fourth-order valence-electron chi connectivity index (χ4n) is 2.25. The van der Waals surface area contributed by atoms with Gasteiger partial charge in [0, 0.05) is 26.1 Å². The van der Waals surface area contributed by atoms with Gasteiger partial charge in [0.2, 0.25) is 0 Å². The Kier molecular flexibility index (Phi) is 4.90. The second-order valence-electron chi connectivity index (χ2n) is 4.93. The highest BCUT2D eigenvalue weighted by molar-refractivity contribution is 5.51. The smallest absolute Gasteiger partial charge is 0.120 e. The zero-order chi connectivity index (χ0) is 12.8. The van der Waals surface area contributed by atoms with Crippen LogP contribution in [-0.4, -0.2) is 37.5 Å². The van der Waals surface area contributed by atoms with E-state index < -0.39 is 0 Å². The Bertz CT molecular complexity index is 369. The van der Waals surface area contributed by atoms with Gasteiger partial charge in [-0.1, -0.05) is 31.2 Å². The maximum atomic E-state index is 10.5. The first-order valence-corrected chi connectivity index (χ1v) is 6.62. The van der Waals surface area contributed by atoms with Crippen LogP contribution in [0.5, 0.6) is 0 Å². The Balaban J connectivity index is 1.92. The average Bonchev–Trinajstić information content (AvgIpc) is 2.41. The molecule has 1 fully saturated rings. The molecule has 0 saturated carbocycles. The summed E-state index contributed by atoms with van der Waals surface area (Å²) in [6, 6.07) is 8.63.